The van der Waals surface area contributed by atoms with Gasteiger partial charge in [0.2, 0.25) is 0 Å². The van der Waals surface area contributed by atoms with Crippen LogP contribution in [-0.2, 0) is 4.74 Å². The Morgan fingerprint density at radius 1 is 1.29 bits per heavy atom. The molecule has 0 aromatic rings. The van der Waals surface area contributed by atoms with E-state index in [-0.39, 0.29) is 6.09 Å². The second-order valence-corrected chi connectivity index (χ2v) is 6.33. The Morgan fingerprint density at radius 2 is 1.90 bits per heavy atom. The molecule has 6 nitrogen and oxygen atoms in total. The molecule has 122 valence electrons. The fourth-order valence-corrected chi connectivity index (χ4v) is 2.20. The third-order valence-corrected chi connectivity index (χ3v) is 3.13. The SMILES string of the molecule is CCNC(=NC[C@@H]1CCN(C(=O)OC(C)(C)C)C1)NCC. The van der Waals surface area contributed by atoms with E-state index < -0.39 is 5.60 Å². The summed E-state index contributed by atoms with van der Waals surface area (Å²) in [5.41, 5.74) is -0.434. The van der Waals surface area contributed by atoms with Gasteiger partial charge >= 0.3 is 6.09 Å². The molecule has 1 heterocycles. The molecule has 1 aliphatic rings. The van der Waals surface area contributed by atoms with Gasteiger partial charge in [0.15, 0.2) is 5.96 Å². The molecule has 1 rings (SSSR count). The molecule has 1 aliphatic heterocycles. The second-order valence-electron chi connectivity index (χ2n) is 6.33. The Labute approximate surface area is 128 Å². The van der Waals surface area contributed by atoms with E-state index in [9.17, 15) is 4.79 Å². The molecular formula is C15H30N4O2. The van der Waals surface area contributed by atoms with Crippen LogP contribution >= 0.6 is 0 Å². The predicted molar refractivity (Wildman–Crippen MR) is 85.6 cm³/mol. The lowest BCUT2D eigenvalue weighted by atomic mass is 10.1. The maximum atomic E-state index is 12.0. The molecule has 6 heteroatoms. The summed E-state index contributed by atoms with van der Waals surface area (Å²) < 4.78 is 5.40. The number of guanidine groups is 1. The Hall–Kier alpha value is -1.46. The van der Waals surface area contributed by atoms with Gasteiger partial charge in [-0.05, 0) is 47.0 Å². The van der Waals surface area contributed by atoms with E-state index in [0.29, 0.717) is 5.92 Å². The second kappa shape index (κ2) is 8.10. The van der Waals surface area contributed by atoms with Crippen LogP contribution < -0.4 is 10.6 Å². The average Bonchev–Trinajstić information content (AvgIpc) is 2.83. The summed E-state index contributed by atoms with van der Waals surface area (Å²) >= 11 is 0. The van der Waals surface area contributed by atoms with Crippen molar-refractivity contribution < 1.29 is 9.53 Å². The van der Waals surface area contributed by atoms with Crippen LogP contribution in [0.2, 0.25) is 0 Å². The Balaban J connectivity index is 2.43. The minimum Gasteiger partial charge on any atom is -0.444 e. The molecule has 0 aliphatic carbocycles. The quantitative estimate of drug-likeness (QED) is 0.614. The van der Waals surface area contributed by atoms with E-state index in [1.807, 2.05) is 34.6 Å². The van der Waals surface area contributed by atoms with Crippen LogP contribution in [0.4, 0.5) is 4.79 Å². The molecule has 0 bridgehead atoms. The maximum absolute atomic E-state index is 12.0. The summed E-state index contributed by atoms with van der Waals surface area (Å²) in [6.07, 6.45) is 0.765. The lowest BCUT2D eigenvalue weighted by molar-refractivity contribution is 0.0289. The number of aliphatic imine (C=N–C) groups is 1. The number of carbonyl (C=O) groups is 1. The van der Waals surface area contributed by atoms with Gasteiger partial charge in [-0.15, -0.1) is 0 Å². The molecule has 1 atom stereocenters. The highest BCUT2D eigenvalue weighted by atomic mass is 16.6. The van der Waals surface area contributed by atoms with Crippen molar-refractivity contribution in [3.8, 4) is 0 Å². The number of rotatable bonds is 4. The van der Waals surface area contributed by atoms with E-state index in [2.05, 4.69) is 15.6 Å². The molecule has 0 unspecified atom stereocenters. The van der Waals surface area contributed by atoms with Crippen LogP contribution in [0.5, 0.6) is 0 Å². The number of ether oxygens (including phenoxy) is 1. The first-order valence-corrected chi connectivity index (χ1v) is 7.85. The first-order valence-electron chi connectivity index (χ1n) is 7.85. The van der Waals surface area contributed by atoms with Crippen molar-refractivity contribution in [3.63, 3.8) is 0 Å². The van der Waals surface area contributed by atoms with Crippen LogP contribution in [0.25, 0.3) is 0 Å². The molecule has 2 N–H and O–H groups in total. The number of amides is 1. The zero-order valence-electron chi connectivity index (χ0n) is 14.0. The highest BCUT2D eigenvalue weighted by Crippen LogP contribution is 2.19. The summed E-state index contributed by atoms with van der Waals surface area (Å²) in [7, 11) is 0. The number of hydrogen-bond acceptors (Lipinski definition) is 3. The Bertz CT molecular complexity index is 355. The van der Waals surface area contributed by atoms with E-state index in [1.165, 1.54) is 0 Å². The van der Waals surface area contributed by atoms with Gasteiger partial charge in [-0.3, -0.25) is 4.99 Å². The summed E-state index contributed by atoms with van der Waals surface area (Å²) in [6.45, 7) is 13.7. The van der Waals surface area contributed by atoms with Crippen LogP contribution in [0.15, 0.2) is 4.99 Å². The van der Waals surface area contributed by atoms with E-state index in [0.717, 1.165) is 45.1 Å². The highest BCUT2D eigenvalue weighted by molar-refractivity contribution is 5.79. The fraction of sp³-hybridized carbons (Fsp3) is 0.867. The topological polar surface area (TPSA) is 66.0 Å². The standard InChI is InChI=1S/C15H30N4O2/c1-6-16-13(17-7-2)18-10-12-8-9-19(11-12)14(20)21-15(3,4)5/h12H,6-11H2,1-5H3,(H2,16,17,18)/t12-/m0/s1. The van der Waals surface area contributed by atoms with Gasteiger partial charge in [-0.2, -0.15) is 0 Å². The van der Waals surface area contributed by atoms with Crippen molar-refractivity contribution >= 4 is 12.1 Å². The van der Waals surface area contributed by atoms with Gasteiger partial charge in [-0.25, -0.2) is 4.79 Å². The van der Waals surface area contributed by atoms with Gasteiger partial charge in [0.1, 0.15) is 5.60 Å². The van der Waals surface area contributed by atoms with E-state index in [1.54, 1.807) is 4.90 Å². The number of hydrogen-bond donors (Lipinski definition) is 2. The number of carbonyl (C=O) groups excluding carboxylic acids is 1. The van der Waals surface area contributed by atoms with Gasteiger partial charge in [0.25, 0.3) is 0 Å². The lowest BCUT2D eigenvalue weighted by Crippen LogP contribution is -2.37. The summed E-state index contributed by atoms with van der Waals surface area (Å²) in [5, 5.41) is 6.41. The smallest absolute Gasteiger partial charge is 0.410 e. The first-order chi connectivity index (χ1) is 9.85. The maximum Gasteiger partial charge on any atom is 0.410 e. The molecule has 0 radical (unpaired) electrons. The highest BCUT2D eigenvalue weighted by Gasteiger charge is 2.29. The Morgan fingerprint density at radius 3 is 2.43 bits per heavy atom. The third-order valence-electron chi connectivity index (χ3n) is 3.13. The lowest BCUT2D eigenvalue weighted by Gasteiger charge is -2.24. The van der Waals surface area contributed by atoms with Gasteiger partial charge in [-0.1, -0.05) is 0 Å². The van der Waals surface area contributed by atoms with Crippen LogP contribution in [0.1, 0.15) is 41.0 Å². The van der Waals surface area contributed by atoms with Crippen molar-refractivity contribution in [2.75, 3.05) is 32.7 Å². The first kappa shape index (κ1) is 17.6. The molecule has 1 amide bonds. The van der Waals surface area contributed by atoms with Crippen LogP contribution in [0, 0.1) is 5.92 Å². The predicted octanol–water partition coefficient (Wildman–Crippen LogP) is 1.82. The monoisotopic (exact) mass is 298 g/mol. The number of nitrogens with zero attached hydrogens (tertiary/aromatic N) is 2. The zero-order chi connectivity index (χ0) is 15.9. The molecule has 1 saturated heterocycles. The minimum absolute atomic E-state index is 0.215. The van der Waals surface area contributed by atoms with Crippen molar-refractivity contribution in [3.05, 3.63) is 0 Å². The molecule has 21 heavy (non-hydrogen) atoms. The summed E-state index contributed by atoms with van der Waals surface area (Å²) in [4.78, 5) is 18.3. The van der Waals surface area contributed by atoms with Crippen molar-refractivity contribution in [2.45, 2.75) is 46.6 Å². The van der Waals surface area contributed by atoms with Gasteiger partial charge < -0.3 is 20.3 Å². The van der Waals surface area contributed by atoms with E-state index in [4.69, 9.17) is 4.74 Å². The third kappa shape index (κ3) is 6.69. The van der Waals surface area contributed by atoms with Gasteiger partial charge in [0.05, 0.1) is 0 Å². The molecule has 0 aromatic carbocycles. The molecular weight excluding hydrogens is 268 g/mol. The molecule has 0 spiro atoms. The fourth-order valence-electron chi connectivity index (χ4n) is 2.20. The van der Waals surface area contributed by atoms with Gasteiger partial charge in [0, 0.05) is 32.7 Å². The van der Waals surface area contributed by atoms with E-state index >= 15 is 0 Å². The van der Waals surface area contributed by atoms with Crippen LogP contribution in [0.3, 0.4) is 0 Å². The average molecular weight is 298 g/mol. The molecule has 0 saturated carbocycles. The molecule has 1 fully saturated rings. The minimum atomic E-state index is -0.434. The normalized spacial score (nSPS) is 18.3. The van der Waals surface area contributed by atoms with Crippen LogP contribution in [-0.4, -0.2) is 55.3 Å². The van der Waals surface area contributed by atoms with Crippen molar-refractivity contribution in [1.82, 2.24) is 15.5 Å². The van der Waals surface area contributed by atoms with Crippen molar-refractivity contribution in [1.29, 1.82) is 0 Å². The molecule has 0 aromatic heterocycles. The number of nitrogens with one attached hydrogen (secondary N) is 2. The largest absolute Gasteiger partial charge is 0.444 e. The zero-order valence-corrected chi connectivity index (χ0v) is 14.0. The van der Waals surface area contributed by atoms with Crippen molar-refractivity contribution in [2.24, 2.45) is 10.9 Å². The Kier molecular flexibility index (Phi) is 6.78. The summed E-state index contributed by atoms with van der Waals surface area (Å²) in [6, 6.07) is 0. The number of likely N-dealkylation sites (tertiary alicyclic amines) is 1. The summed E-state index contributed by atoms with van der Waals surface area (Å²) in [5.74, 6) is 1.25.